The van der Waals surface area contributed by atoms with Crippen LogP contribution in [0.4, 0.5) is 5.69 Å². The van der Waals surface area contributed by atoms with Gasteiger partial charge in [-0.1, -0.05) is 18.2 Å². The number of carbonyl (C=O) groups is 1. The van der Waals surface area contributed by atoms with E-state index in [0.29, 0.717) is 24.4 Å². The predicted octanol–water partition coefficient (Wildman–Crippen LogP) is 2.73. The number of aromatic nitrogens is 6. The van der Waals surface area contributed by atoms with E-state index in [1.807, 2.05) is 56.3 Å². The van der Waals surface area contributed by atoms with E-state index in [1.54, 1.807) is 4.68 Å². The molecule has 0 fully saturated rings. The molecule has 0 spiro atoms. The summed E-state index contributed by atoms with van der Waals surface area (Å²) in [5.41, 5.74) is 4.46. The fourth-order valence-electron chi connectivity index (χ4n) is 2.95. The normalized spacial score (nSPS) is 11.0. The third kappa shape index (κ3) is 3.55. The second kappa shape index (κ2) is 6.99. The minimum absolute atomic E-state index is 0.0707. The monoisotopic (exact) mass is 361 g/mol. The fraction of sp³-hybridized carbons (Fsp3) is 0.211. The Morgan fingerprint density at radius 2 is 2.04 bits per heavy atom. The van der Waals surface area contributed by atoms with Crippen LogP contribution in [0.25, 0.3) is 16.7 Å². The number of H-pyrrole nitrogens is 1. The minimum atomic E-state index is -0.0707. The minimum Gasteiger partial charge on any atom is -0.342 e. The van der Waals surface area contributed by atoms with Gasteiger partial charge in [0.2, 0.25) is 5.91 Å². The lowest BCUT2D eigenvalue weighted by molar-refractivity contribution is -0.116. The molecule has 136 valence electrons. The largest absolute Gasteiger partial charge is 0.342 e. The molecule has 0 atom stereocenters. The lowest BCUT2D eigenvalue weighted by atomic mass is 10.1. The molecule has 8 heteroatoms. The Bertz CT molecular complexity index is 1080. The summed E-state index contributed by atoms with van der Waals surface area (Å²) >= 11 is 0. The van der Waals surface area contributed by atoms with Crippen LogP contribution in [0.15, 0.2) is 42.5 Å². The number of aryl methyl sites for hydroxylation is 3. The smallest absolute Gasteiger partial charge is 0.224 e. The Morgan fingerprint density at radius 1 is 1.19 bits per heavy atom. The van der Waals surface area contributed by atoms with Crippen molar-refractivity contribution in [1.29, 1.82) is 0 Å². The first kappa shape index (κ1) is 16.9. The zero-order valence-corrected chi connectivity index (χ0v) is 15.1. The number of benzene rings is 2. The number of tetrazole rings is 1. The van der Waals surface area contributed by atoms with Gasteiger partial charge in [0.25, 0.3) is 0 Å². The third-order valence-electron chi connectivity index (χ3n) is 4.37. The van der Waals surface area contributed by atoms with E-state index in [2.05, 4.69) is 30.8 Å². The SMILES string of the molecule is Cc1ccc(NC(=O)CCc2nc3ccccc3[nH]2)cc1-n1nnnc1C. The summed E-state index contributed by atoms with van der Waals surface area (Å²) < 4.78 is 1.65. The van der Waals surface area contributed by atoms with Crippen molar-refractivity contribution in [2.75, 3.05) is 5.32 Å². The van der Waals surface area contributed by atoms with Crippen molar-refractivity contribution in [3.63, 3.8) is 0 Å². The van der Waals surface area contributed by atoms with Gasteiger partial charge in [-0.25, -0.2) is 4.98 Å². The highest BCUT2D eigenvalue weighted by atomic mass is 16.1. The Morgan fingerprint density at radius 3 is 2.81 bits per heavy atom. The van der Waals surface area contributed by atoms with E-state index >= 15 is 0 Å². The van der Waals surface area contributed by atoms with Crippen LogP contribution in [0.3, 0.4) is 0 Å². The number of aromatic amines is 1. The average Bonchev–Trinajstić information content (AvgIpc) is 3.27. The van der Waals surface area contributed by atoms with E-state index < -0.39 is 0 Å². The first-order valence-electron chi connectivity index (χ1n) is 8.69. The maximum atomic E-state index is 12.4. The van der Waals surface area contributed by atoms with Crippen LogP contribution in [-0.2, 0) is 11.2 Å². The number of imidazole rings is 1. The van der Waals surface area contributed by atoms with E-state index in [0.717, 1.165) is 28.1 Å². The number of fused-ring (bicyclic) bond motifs is 1. The van der Waals surface area contributed by atoms with E-state index in [4.69, 9.17) is 0 Å². The van der Waals surface area contributed by atoms with Crippen LogP contribution in [-0.4, -0.2) is 36.1 Å². The Labute approximate surface area is 155 Å². The summed E-state index contributed by atoms with van der Waals surface area (Å²) in [5.74, 6) is 1.42. The Kier molecular flexibility index (Phi) is 4.37. The van der Waals surface area contributed by atoms with Crippen LogP contribution < -0.4 is 5.32 Å². The number of nitrogens with zero attached hydrogens (tertiary/aromatic N) is 5. The molecule has 4 aromatic rings. The van der Waals surface area contributed by atoms with E-state index in [9.17, 15) is 4.79 Å². The molecule has 4 rings (SSSR count). The first-order valence-corrected chi connectivity index (χ1v) is 8.69. The molecule has 0 saturated heterocycles. The topological polar surface area (TPSA) is 101 Å². The zero-order chi connectivity index (χ0) is 18.8. The molecule has 0 aliphatic carbocycles. The van der Waals surface area contributed by atoms with Crippen molar-refractivity contribution in [2.45, 2.75) is 26.7 Å². The van der Waals surface area contributed by atoms with Crippen molar-refractivity contribution in [2.24, 2.45) is 0 Å². The van der Waals surface area contributed by atoms with Crippen molar-refractivity contribution in [1.82, 2.24) is 30.2 Å². The lowest BCUT2D eigenvalue weighted by Crippen LogP contribution is -2.13. The Hall–Kier alpha value is -3.55. The highest BCUT2D eigenvalue weighted by Crippen LogP contribution is 2.20. The number of hydrogen-bond donors (Lipinski definition) is 2. The standard InChI is InChI=1S/C19H19N7O/c1-12-7-8-14(11-17(12)26-13(2)23-24-25-26)20-19(27)10-9-18-21-15-5-3-4-6-16(15)22-18/h3-8,11H,9-10H2,1-2H3,(H,20,27)(H,21,22). The van der Waals surface area contributed by atoms with Gasteiger partial charge >= 0.3 is 0 Å². The Balaban J connectivity index is 1.44. The second-order valence-electron chi connectivity index (χ2n) is 6.39. The van der Waals surface area contributed by atoms with Crippen molar-refractivity contribution < 1.29 is 4.79 Å². The van der Waals surface area contributed by atoms with Gasteiger partial charge in [0.1, 0.15) is 5.82 Å². The van der Waals surface area contributed by atoms with Crippen LogP contribution in [0.2, 0.25) is 0 Å². The number of nitrogens with one attached hydrogen (secondary N) is 2. The van der Waals surface area contributed by atoms with Gasteiger partial charge in [0.05, 0.1) is 16.7 Å². The van der Waals surface area contributed by atoms with Gasteiger partial charge < -0.3 is 10.3 Å². The number of carbonyl (C=O) groups excluding carboxylic acids is 1. The van der Waals surface area contributed by atoms with Gasteiger partial charge in [0.15, 0.2) is 5.82 Å². The molecular formula is C19H19N7O. The molecule has 0 aliphatic heterocycles. The maximum Gasteiger partial charge on any atom is 0.224 e. The molecule has 8 nitrogen and oxygen atoms in total. The summed E-state index contributed by atoms with van der Waals surface area (Å²) in [6.45, 7) is 3.81. The number of rotatable bonds is 5. The zero-order valence-electron chi connectivity index (χ0n) is 15.1. The number of hydrogen-bond acceptors (Lipinski definition) is 5. The molecule has 0 aliphatic rings. The summed E-state index contributed by atoms with van der Waals surface area (Å²) in [6, 6.07) is 13.5. The molecule has 0 saturated carbocycles. The van der Waals surface area contributed by atoms with Gasteiger partial charge in [0, 0.05) is 18.5 Å². The molecule has 2 N–H and O–H groups in total. The highest BCUT2D eigenvalue weighted by molar-refractivity contribution is 5.91. The van der Waals surface area contributed by atoms with Crippen LogP contribution >= 0.6 is 0 Å². The van der Waals surface area contributed by atoms with Crippen molar-refractivity contribution in [3.8, 4) is 5.69 Å². The molecule has 1 amide bonds. The van der Waals surface area contributed by atoms with Gasteiger partial charge in [-0.3, -0.25) is 4.79 Å². The molecular weight excluding hydrogens is 342 g/mol. The fourth-order valence-corrected chi connectivity index (χ4v) is 2.95. The molecule has 0 radical (unpaired) electrons. The molecule has 2 heterocycles. The van der Waals surface area contributed by atoms with Gasteiger partial charge in [-0.15, -0.1) is 5.10 Å². The molecule has 0 bridgehead atoms. The predicted molar refractivity (Wildman–Crippen MR) is 102 cm³/mol. The van der Waals surface area contributed by atoms with Gasteiger partial charge in [-0.05, 0) is 54.1 Å². The van der Waals surface area contributed by atoms with Crippen LogP contribution in [0, 0.1) is 13.8 Å². The van der Waals surface area contributed by atoms with Crippen molar-refractivity contribution in [3.05, 3.63) is 59.7 Å². The summed E-state index contributed by atoms with van der Waals surface area (Å²) in [4.78, 5) is 20.1. The molecule has 0 unspecified atom stereocenters. The summed E-state index contributed by atoms with van der Waals surface area (Å²) in [6.07, 6.45) is 0.887. The summed E-state index contributed by atoms with van der Waals surface area (Å²) in [7, 11) is 0. The number of anilines is 1. The molecule has 2 aromatic heterocycles. The van der Waals surface area contributed by atoms with Crippen LogP contribution in [0.1, 0.15) is 23.6 Å². The van der Waals surface area contributed by atoms with Gasteiger partial charge in [-0.2, -0.15) is 4.68 Å². The average molecular weight is 361 g/mol. The third-order valence-corrected chi connectivity index (χ3v) is 4.37. The summed E-state index contributed by atoms with van der Waals surface area (Å²) in [5, 5.41) is 14.5. The molecule has 27 heavy (non-hydrogen) atoms. The van der Waals surface area contributed by atoms with Crippen LogP contribution in [0.5, 0.6) is 0 Å². The first-order chi connectivity index (χ1) is 13.1. The maximum absolute atomic E-state index is 12.4. The second-order valence-corrected chi connectivity index (χ2v) is 6.39. The lowest BCUT2D eigenvalue weighted by Gasteiger charge is -2.10. The quantitative estimate of drug-likeness (QED) is 0.569. The van der Waals surface area contributed by atoms with E-state index in [1.165, 1.54) is 0 Å². The van der Waals surface area contributed by atoms with Crippen molar-refractivity contribution >= 4 is 22.6 Å². The van der Waals surface area contributed by atoms with E-state index in [-0.39, 0.29) is 5.91 Å². The number of para-hydroxylation sites is 2. The molecule has 2 aromatic carbocycles. The number of amides is 1. The highest BCUT2D eigenvalue weighted by Gasteiger charge is 2.10.